The van der Waals surface area contributed by atoms with Gasteiger partial charge in [-0.25, -0.2) is 4.79 Å². The Hall–Kier alpha value is -3.64. The van der Waals surface area contributed by atoms with Crippen LogP contribution in [0.3, 0.4) is 0 Å². The Kier molecular flexibility index (Phi) is 10.9. The van der Waals surface area contributed by atoms with E-state index in [0.717, 1.165) is 17.0 Å². The number of non-ortho nitro benzene ring substituents is 2. The van der Waals surface area contributed by atoms with Gasteiger partial charge in [0.15, 0.2) is 0 Å². The third kappa shape index (κ3) is 8.76. The molecule has 2 aromatic carbocycles. The van der Waals surface area contributed by atoms with Crippen molar-refractivity contribution < 1.29 is 24.5 Å². The molecule has 0 fully saturated rings. The highest BCUT2D eigenvalue weighted by Crippen LogP contribution is 2.27. The zero-order valence-electron chi connectivity index (χ0n) is 19.2. The monoisotopic (exact) mass is 580 g/mol. The normalized spacial score (nSPS) is 9.84. The molecule has 13 heteroatoms. The Morgan fingerprint density at radius 1 is 0.811 bits per heavy atom. The van der Waals surface area contributed by atoms with Crippen molar-refractivity contribution >= 4 is 69.0 Å². The number of nitrogens with zero attached hydrogens (tertiary/aromatic N) is 2. The van der Waals surface area contributed by atoms with Crippen LogP contribution in [0.2, 0.25) is 10.0 Å². The summed E-state index contributed by atoms with van der Waals surface area (Å²) in [4.78, 5) is 45.3. The molecule has 0 bridgehead atoms. The topological polar surface area (TPSA) is 141 Å². The first-order valence-electron chi connectivity index (χ1n) is 10.1. The number of nitro benzene ring substituents is 2. The molecule has 0 radical (unpaired) electrons. The first-order valence-corrected chi connectivity index (χ1v) is 12.6. The average Bonchev–Trinajstić information content (AvgIpc) is 3.50. The minimum Gasteiger partial charge on any atom is -0.478 e. The van der Waals surface area contributed by atoms with E-state index in [1.54, 1.807) is 17.4 Å². The summed E-state index contributed by atoms with van der Waals surface area (Å²) < 4.78 is 0. The predicted molar refractivity (Wildman–Crippen MR) is 145 cm³/mol. The fourth-order valence-electron chi connectivity index (χ4n) is 2.64. The van der Waals surface area contributed by atoms with Crippen molar-refractivity contribution in [1.29, 1.82) is 0 Å². The predicted octanol–water partition coefficient (Wildman–Crippen LogP) is 7.85. The number of carbonyl (C=O) groups is 2. The van der Waals surface area contributed by atoms with Gasteiger partial charge < -0.3 is 5.11 Å². The fraction of sp³-hybridized carbons (Fsp3) is 0.0833. The molecule has 37 heavy (non-hydrogen) atoms. The van der Waals surface area contributed by atoms with Gasteiger partial charge in [-0.1, -0.05) is 29.3 Å². The molecule has 0 aliphatic rings. The van der Waals surface area contributed by atoms with Gasteiger partial charge >= 0.3 is 5.97 Å². The Morgan fingerprint density at radius 2 is 1.35 bits per heavy atom. The van der Waals surface area contributed by atoms with Crippen LogP contribution in [0.15, 0.2) is 66.0 Å². The average molecular weight is 581 g/mol. The molecule has 4 rings (SSSR count). The van der Waals surface area contributed by atoms with Crippen molar-refractivity contribution in [2.45, 2.75) is 13.8 Å². The van der Waals surface area contributed by atoms with Crippen molar-refractivity contribution in [2.24, 2.45) is 0 Å². The molecule has 4 aromatic rings. The minimum absolute atomic E-state index is 0.0156. The summed E-state index contributed by atoms with van der Waals surface area (Å²) in [5, 5.41) is 31.8. The summed E-state index contributed by atoms with van der Waals surface area (Å²) in [5.74, 6) is -1.57. The van der Waals surface area contributed by atoms with Gasteiger partial charge in [0, 0.05) is 39.6 Å². The smallest absolute Gasteiger partial charge is 0.337 e. The van der Waals surface area contributed by atoms with Crippen LogP contribution in [0, 0.1) is 34.1 Å². The van der Waals surface area contributed by atoms with E-state index in [1.807, 2.05) is 13.0 Å². The standard InChI is InChI=1S/C12H8ClNO3S.C7H4ClNO4.C5H6S/c1-7-2-5-11(18-7)12(15)9-6-8(14(16)17)3-4-10(9)13;8-6-2-1-4(9(12)13)3-5(6)7(10)11;1-5-3-2-4-6-5/h2-6H,1H3;1-3H,(H,10,11);2-4H,1H3. The lowest BCUT2D eigenvalue weighted by molar-refractivity contribution is -0.385. The molecule has 1 N–H and O–H groups in total. The van der Waals surface area contributed by atoms with Gasteiger partial charge in [0.25, 0.3) is 11.4 Å². The van der Waals surface area contributed by atoms with Crippen LogP contribution in [0.5, 0.6) is 0 Å². The highest BCUT2D eigenvalue weighted by molar-refractivity contribution is 7.14. The summed E-state index contributed by atoms with van der Waals surface area (Å²) in [6, 6.07) is 14.8. The zero-order chi connectivity index (χ0) is 27.7. The molecule has 9 nitrogen and oxygen atoms in total. The number of hydrogen-bond donors (Lipinski definition) is 1. The first kappa shape index (κ1) is 29.6. The van der Waals surface area contributed by atoms with Crippen molar-refractivity contribution in [1.82, 2.24) is 0 Å². The summed E-state index contributed by atoms with van der Waals surface area (Å²) in [6.07, 6.45) is 0. The minimum atomic E-state index is -1.28. The number of benzene rings is 2. The molecule has 0 spiro atoms. The molecule has 0 unspecified atom stereocenters. The number of rotatable bonds is 5. The number of ketones is 1. The highest BCUT2D eigenvalue weighted by atomic mass is 35.5. The largest absolute Gasteiger partial charge is 0.478 e. The van der Waals surface area contributed by atoms with Gasteiger partial charge in [-0.2, -0.15) is 0 Å². The lowest BCUT2D eigenvalue weighted by atomic mass is 10.1. The number of carboxylic acid groups (broad SMARTS) is 1. The number of carbonyl (C=O) groups excluding carboxylic acids is 1. The Labute approximate surface area is 228 Å². The van der Waals surface area contributed by atoms with E-state index >= 15 is 0 Å². The van der Waals surface area contributed by atoms with E-state index in [-0.39, 0.29) is 38.3 Å². The molecular formula is C24H18Cl2N2O7S2. The number of carboxylic acids is 1. The SMILES string of the molecule is Cc1ccc(C(=O)c2cc([N+](=O)[O-])ccc2Cl)s1.Cc1cccs1.O=C(O)c1cc([N+](=O)[O-])ccc1Cl. The van der Waals surface area contributed by atoms with Crippen molar-refractivity contribution in [3.05, 3.63) is 122 Å². The number of thiophene rings is 2. The van der Waals surface area contributed by atoms with Gasteiger partial charge in [-0.3, -0.25) is 25.0 Å². The number of nitro groups is 2. The van der Waals surface area contributed by atoms with Crippen LogP contribution < -0.4 is 0 Å². The van der Waals surface area contributed by atoms with E-state index in [9.17, 15) is 29.8 Å². The second-order valence-electron chi connectivity index (χ2n) is 7.11. The molecule has 2 aromatic heterocycles. The Balaban J connectivity index is 0.000000220. The van der Waals surface area contributed by atoms with Gasteiger partial charge in [-0.15, -0.1) is 22.7 Å². The third-order valence-corrected chi connectivity index (χ3v) is 6.88. The molecule has 192 valence electrons. The number of aromatic carboxylic acids is 1. The van der Waals surface area contributed by atoms with E-state index in [4.69, 9.17) is 28.3 Å². The first-order chi connectivity index (χ1) is 17.4. The number of aryl methyl sites for hydroxylation is 2. The summed E-state index contributed by atoms with van der Waals surface area (Å²) >= 11 is 14.5. The van der Waals surface area contributed by atoms with Gasteiger partial charge in [-0.05, 0) is 49.6 Å². The van der Waals surface area contributed by atoms with Crippen molar-refractivity contribution in [2.75, 3.05) is 0 Å². The maximum absolute atomic E-state index is 12.2. The lowest BCUT2D eigenvalue weighted by Gasteiger charge is -2.01. The molecular weight excluding hydrogens is 563 g/mol. The fourth-order valence-corrected chi connectivity index (χ4v) is 4.39. The molecule has 0 aliphatic heterocycles. The number of hydrogen-bond acceptors (Lipinski definition) is 8. The molecule has 0 amide bonds. The highest BCUT2D eigenvalue weighted by Gasteiger charge is 2.18. The molecule has 0 saturated heterocycles. The lowest BCUT2D eigenvalue weighted by Crippen LogP contribution is -2.01. The van der Waals surface area contributed by atoms with Crippen LogP contribution in [-0.2, 0) is 0 Å². The van der Waals surface area contributed by atoms with Gasteiger partial charge in [0.1, 0.15) is 0 Å². The summed E-state index contributed by atoms with van der Waals surface area (Å²) in [7, 11) is 0. The van der Waals surface area contributed by atoms with E-state index in [1.165, 1.54) is 40.5 Å². The van der Waals surface area contributed by atoms with Gasteiger partial charge in [0.05, 0.1) is 30.3 Å². The molecule has 0 aliphatic carbocycles. The van der Waals surface area contributed by atoms with Crippen LogP contribution in [0.1, 0.15) is 35.3 Å². The molecule has 0 saturated carbocycles. The maximum Gasteiger partial charge on any atom is 0.337 e. The van der Waals surface area contributed by atoms with Crippen molar-refractivity contribution in [3.8, 4) is 0 Å². The van der Waals surface area contributed by atoms with Gasteiger partial charge in [0.2, 0.25) is 5.78 Å². The Morgan fingerprint density at radius 3 is 1.73 bits per heavy atom. The molecule has 2 heterocycles. The Bertz CT molecular complexity index is 1440. The quantitative estimate of drug-likeness (QED) is 0.144. The second kappa shape index (κ2) is 13.6. The molecule has 0 atom stereocenters. The van der Waals surface area contributed by atoms with Crippen molar-refractivity contribution in [3.63, 3.8) is 0 Å². The maximum atomic E-state index is 12.2. The second-order valence-corrected chi connectivity index (χ2v) is 10.4. The van der Waals surface area contributed by atoms with E-state index in [2.05, 4.69) is 24.4 Å². The summed E-state index contributed by atoms with van der Waals surface area (Å²) in [5.41, 5.74) is -0.540. The third-order valence-electron chi connectivity index (χ3n) is 4.42. The van der Waals surface area contributed by atoms with Crippen LogP contribution in [0.4, 0.5) is 11.4 Å². The number of halogens is 2. The van der Waals surface area contributed by atoms with Crippen LogP contribution in [0.25, 0.3) is 0 Å². The zero-order valence-corrected chi connectivity index (χ0v) is 22.4. The van der Waals surface area contributed by atoms with Crippen LogP contribution in [-0.4, -0.2) is 26.7 Å². The summed E-state index contributed by atoms with van der Waals surface area (Å²) in [6.45, 7) is 3.99. The van der Waals surface area contributed by atoms with Crippen LogP contribution >= 0.6 is 45.9 Å². The van der Waals surface area contributed by atoms with E-state index < -0.39 is 15.8 Å². The van der Waals surface area contributed by atoms with E-state index in [0.29, 0.717) is 4.88 Å².